The number of fused-ring (bicyclic) bond motifs is 20. The number of benzene rings is 9. The predicted octanol–water partition coefficient (Wildman–Crippen LogP) is 13.8. The summed E-state index contributed by atoms with van der Waals surface area (Å²) in [6, 6.07) is 79.7. The van der Waals surface area contributed by atoms with Crippen LogP contribution in [0.4, 0.5) is 17.1 Å². The van der Waals surface area contributed by atoms with Crippen molar-refractivity contribution in [3.8, 4) is 44.5 Å². The third-order valence-corrected chi connectivity index (χ3v) is 13.5. The van der Waals surface area contributed by atoms with Gasteiger partial charge in [0, 0.05) is 17.1 Å². The Hall–Kier alpha value is -7.22. The third-order valence-electron chi connectivity index (χ3n) is 13.5. The van der Waals surface area contributed by atoms with E-state index in [0.29, 0.717) is 0 Å². The Morgan fingerprint density at radius 2 is 0.526 bits per heavy atom. The van der Waals surface area contributed by atoms with Gasteiger partial charge in [0.2, 0.25) is 0 Å². The SMILES string of the molecule is c1ccc(N(c2ccc3c(c2)-c2ccccc2C32c3ccccc3-c3ccccc32)c2ccc3c(c2)C2(c4ccccc4-c4ccccc42)c2ccccc2-3)cc1. The zero-order chi connectivity index (χ0) is 37.3. The molecule has 4 aliphatic carbocycles. The highest BCUT2D eigenvalue weighted by atomic mass is 15.1. The minimum atomic E-state index is -0.413. The van der Waals surface area contributed by atoms with Gasteiger partial charge in [-0.15, -0.1) is 0 Å². The van der Waals surface area contributed by atoms with Crippen molar-refractivity contribution in [1.29, 1.82) is 0 Å². The third kappa shape index (κ3) is 3.75. The summed E-state index contributed by atoms with van der Waals surface area (Å²) in [4.78, 5) is 2.47. The molecule has 0 N–H and O–H groups in total. The lowest BCUT2D eigenvalue weighted by atomic mass is 9.70. The van der Waals surface area contributed by atoms with Crippen LogP contribution in [-0.2, 0) is 10.8 Å². The highest BCUT2D eigenvalue weighted by Gasteiger charge is 2.53. The zero-order valence-corrected chi connectivity index (χ0v) is 31.2. The van der Waals surface area contributed by atoms with E-state index in [9.17, 15) is 0 Å². The van der Waals surface area contributed by atoms with E-state index in [4.69, 9.17) is 0 Å². The second-order valence-electron chi connectivity index (χ2n) is 15.9. The first kappa shape index (κ1) is 31.0. The maximum absolute atomic E-state index is 2.49. The summed E-state index contributed by atoms with van der Waals surface area (Å²) >= 11 is 0. The molecule has 0 radical (unpaired) electrons. The molecule has 9 aromatic carbocycles. The minimum Gasteiger partial charge on any atom is -0.310 e. The van der Waals surface area contributed by atoms with Crippen molar-refractivity contribution in [2.24, 2.45) is 0 Å². The molecule has 4 aliphatic rings. The van der Waals surface area contributed by atoms with Gasteiger partial charge in [0.05, 0.1) is 10.8 Å². The Labute approximate surface area is 332 Å². The molecule has 13 rings (SSSR count). The molecule has 1 nitrogen and oxygen atoms in total. The van der Waals surface area contributed by atoms with Crippen molar-refractivity contribution in [3.05, 3.63) is 257 Å². The molecule has 0 aliphatic heterocycles. The summed E-state index contributed by atoms with van der Waals surface area (Å²) < 4.78 is 0. The van der Waals surface area contributed by atoms with Gasteiger partial charge in [0.25, 0.3) is 0 Å². The molecule has 0 saturated heterocycles. The fraction of sp³-hybridized carbons (Fsp3) is 0.0357. The summed E-state index contributed by atoms with van der Waals surface area (Å²) in [7, 11) is 0. The molecular formula is C56H35N. The highest BCUT2D eigenvalue weighted by Crippen LogP contribution is 2.65. The smallest absolute Gasteiger partial charge is 0.0726 e. The van der Waals surface area contributed by atoms with Gasteiger partial charge in [-0.3, -0.25) is 0 Å². The number of rotatable bonds is 3. The molecule has 2 spiro atoms. The second-order valence-corrected chi connectivity index (χ2v) is 15.9. The summed E-state index contributed by atoms with van der Waals surface area (Å²) in [5, 5.41) is 0. The second kappa shape index (κ2) is 11.2. The maximum atomic E-state index is 2.49. The summed E-state index contributed by atoms with van der Waals surface area (Å²) in [5.74, 6) is 0. The van der Waals surface area contributed by atoms with Crippen molar-refractivity contribution < 1.29 is 0 Å². The van der Waals surface area contributed by atoms with Gasteiger partial charge in [-0.1, -0.05) is 176 Å². The molecule has 0 fully saturated rings. The van der Waals surface area contributed by atoms with Crippen molar-refractivity contribution in [2.75, 3.05) is 4.90 Å². The molecule has 0 bridgehead atoms. The quantitative estimate of drug-likeness (QED) is 0.176. The molecule has 1 heteroatoms. The van der Waals surface area contributed by atoms with Crippen LogP contribution in [-0.4, -0.2) is 0 Å². The highest BCUT2D eigenvalue weighted by molar-refractivity contribution is 5.98. The van der Waals surface area contributed by atoms with E-state index in [-0.39, 0.29) is 5.41 Å². The molecule has 0 unspecified atom stereocenters. The van der Waals surface area contributed by atoms with Crippen molar-refractivity contribution in [1.82, 2.24) is 0 Å². The maximum Gasteiger partial charge on any atom is 0.0726 e. The van der Waals surface area contributed by atoms with E-state index in [0.717, 1.165) is 17.1 Å². The lowest BCUT2D eigenvalue weighted by Gasteiger charge is -2.32. The molecule has 0 aromatic heterocycles. The Morgan fingerprint density at radius 3 is 0.982 bits per heavy atom. The largest absolute Gasteiger partial charge is 0.310 e. The number of hydrogen-bond acceptors (Lipinski definition) is 1. The van der Waals surface area contributed by atoms with Gasteiger partial charge in [-0.2, -0.15) is 0 Å². The Balaban J connectivity index is 1.06. The van der Waals surface area contributed by atoms with E-state index in [1.807, 2.05) is 0 Å². The fourth-order valence-electron chi connectivity index (χ4n) is 11.5. The molecule has 264 valence electrons. The first-order valence-corrected chi connectivity index (χ1v) is 20.0. The van der Waals surface area contributed by atoms with Crippen LogP contribution >= 0.6 is 0 Å². The fourth-order valence-corrected chi connectivity index (χ4v) is 11.5. The van der Waals surface area contributed by atoms with E-state index in [1.165, 1.54) is 89.0 Å². The van der Waals surface area contributed by atoms with E-state index in [2.05, 4.69) is 217 Å². The molecule has 0 amide bonds. The predicted molar refractivity (Wildman–Crippen MR) is 234 cm³/mol. The van der Waals surface area contributed by atoms with Gasteiger partial charge >= 0.3 is 0 Å². The number of hydrogen-bond donors (Lipinski definition) is 0. The average molecular weight is 722 g/mol. The minimum absolute atomic E-state index is 0.371. The van der Waals surface area contributed by atoms with Gasteiger partial charge < -0.3 is 4.90 Å². The van der Waals surface area contributed by atoms with Crippen LogP contribution in [0.15, 0.2) is 212 Å². The van der Waals surface area contributed by atoms with Crippen LogP contribution < -0.4 is 4.90 Å². The topological polar surface area (TPSA) is 3.24 Å². The van der Waals surface area contributed by atoms with Gasteiger partial charge in [-0.05, 0) is 125 Å². The van der Waals surface area contributed by atoms with Crippen LogP contribution in [0.3, 0.4) is 0 Å². The van der Waals surface area contributed by atoms with Crippen LogP contribution in [0.2, 0.25) is 0 Å². The zero-order valence-electron chi connectivity index (χ0n) is 31.2. The van der Waals surface area contributed by atoms with Gasteiger partial charge in [0.1, 0.15) is 0 Å². The monoisotopic (exact) mass is 721 g/mol. The molecule has 0 heterocycles. The Kier molecular flexibility index (Phi) is 6.09. The Bertz CT molecular complexity index is 3040. The van der Waals surface area contributed by atoms with Gasteiger partial charge in [-0.25, -0.2) is 0 Å². The summed E-state index contributed by atoms with van der Waals surface area (Å²) in [5.41, 5.74) is 24.0. The number of para-hydroxylation sites is 1. The molecule has 9 aromatic rings. The van der Waals surface area contributed by atoms with Crippen molar-refractivity contribution >= 4 is 17.1 Å². The van der Waals surface area contributed by atoms with Crippen LogP contribution in [0.25, 0.3) is 44.5 Å². The normalized spacial score (nSPS) is 14.6. The van der Waals surface area contributed by atoms with Gasteiger partial charge in [0.15, 0.2) is 0 Å². The van der Waals surface area contributed by atoms with Crippen molar-refractivity contribution in [3.63, 3.8) is 0 Å². The number of nitrogens with zero attached hydrogens (tertiary/aromatic N) is 1. The number of anilines is 3. The lowest BCUT2D eigenvalue weighted by Crippen LogP contribution is -2.26. The first-order chi connectivity index (χ1) is 28.3. The van der Waals surface area contributed by atoms with E-state index >= 15 is 0 Å². The van der Waals surface area contributed by atoms with E-state index < -0.39 is 5.41 Å². The van der Waals surface area contributed by atoms with Crippen molar-refractivity contribution in [2.45, 2.75) is 10.8 Å². The average Bonchev–Trinajstić information content (AvgIpc) is 3.96. The van der Waals surface area contributed by atoms with Crippen LogP contribution in [0.1, 0.15) is 44.5 Å². The lowest BCUT2D eigenvalue weighted by molar-refractivity contribution is 0.793. The van der Waals surface area contributed by atoms with E-state index in [1.54, 1.807) is 0 Å². The Morgan fingerprint density at radius 1 is 0.211 bits per heavy atom. The molecule has 0 atom stereocenters. The molecular weight excluding hydrogens is 687 g/mol. The standard InChI is InChI=1S/C56H35N/c1-2-16-36(17-3-1)57(37-31-33-53-46(34-37)44-23-9-15-29-52(44)55(53)47-24-10-4-18-39(47)40-19-5-11-25-48(40)55)38-30-32-45-43-22-8-14-28-51(43)56(54(45)35-38)49-26-12-6-20-41(49)42-21-7-13-27-50(42)56/h1-35H. The molecule has 0 saturated carbocycles. The first-order valence-electron chi connectivity index (χ1n) is 20.0. The summed E-state index contributed by atoms with van der Waals surface area (Å²) in [6.45, 7) is 0. The summed E-state index contributed by atoms with van der Waals surface area (Å²) in [6.07, 6.45) is 0. The van der Waals surface area contributed by atoms with Crippen LogP contribution in [0.5, 0.6) is 0 Å². The van der Waals surface area contributed by atoms with Crippen LogP contribution in [0, 0.1) is 0 Å². The molecule has 57 heavy (non-hydrogen) atoms.